The van der Waals surface area contributed by atoms with Crippen molar-refractivity contribution >= 4 is 33.2 Å². The highest BCUT2D eigenvalue weighted by atomic mass is 33.1. The van der Waals surface area contributed by atoms with Crippen LogP contribution < -0.4 is 0 Å². The zero-order chi connectivity index (χ0) is 18.8. The number of carbonyl (C=O) groups is 2. The maximum atomic E-state index is 12.4. The van der Waals surface area contributed by atoms with Gasteiger partial charge in [-0.25, -0.2) is 0 Å². The highest BCUT2D eigenvalue weighted by Crippen LogP contribution is 2.34. The number of ketones is 2. The second-order valence-corrected chi connectivity index (χ2v) is 10.3. The third-order valence-corrected chi connectivity index (χ3v) is 8.86. The van der Waals surface area contributed by atoms with Gasteiger partial charge in [-0.3, -0.25) is 9.59 Å². The molecular formula is C20H38O2S2. The molecule has 0 aromatic rings. The molecule has 0 heterocycles. The van der Waals surface area contributed by atoms with Gasteiger partial charge in [0.2, 0.25) is 0 Å². The largest absolute Gasteiger partial charge is 0.299 e. The minimum Gasteiger partial charge on any atom is -0.299 e. The smallest absolute Gasteiger partial charge is 0.139 e. The first kappa shape index (κ1) is 24.0. The van der Waals surface area contributed by atoms with Gasteiger partial charge in [0.15, 0.2) is 0 Å². The standard InChI is InChI=1S/C20H38O2S2/c1-8-19(6,9-2)17(21)13-12-16(5)24-23-15-14-18(22)20(7,10-3)11-4/h16H,8-15H2,1-7H3. The molecule has 24 heavy (non-hydrogen) atoms. The van der Waals surface area contributed by atoms with Gasteiger partial charge in [0.05, 0.1) is 0 Å². The Balaban J connectivity index is 4.06. The Morgan fingerprint density at radius 2 is 1.25 bits per heavy atom. The Kier molecular flexibility index (Phi) is 11.6. The van der Waals surface area contributed by atoms with Crippen LogP contribution in [0.3, 0.4) is 0 Å². The first-order valence-electron chi connectivity index (χ1n) is 9.53. The third kappa shape index (κ3) is 7.51. The molecule has 0 aliphatic heterocycles. The number of carbonyl (C=O) groups excluding carboxylic acids is 2. The van der Waals surface area contributed by atoms with Crippen LogP contribution in [0.1, 0.15) is 93.4 Å². The summed E-state index contributed by atoms with van der Waals surface area (Å²) >= 11 is 0. The average molecular weight is 375 g/mol. The molecule has 2 nitrogen and oxygen atoms in total. The van der Waals surface area contributed by atoms with E-state index >= 15 is 0 Å². The van der Waals surface area contributed by atoms with Gasteiger partial charge in [0.1, 0.15) is 11.6 Å². The van der Waals surface area contributed by atoms with E-state index in [1.54, 1.807) is 10.8 Å². The third-order valence-electron chi connectivity index (χ3n) is 5.89. The fraction of sp³-hybridized carbons (Fsp3) is 0.900. The van der Waals surface area contributed by atoms with Crippen LogP contribution in [-0.4, -0.2) is 22.6 Å². The molecule has 0 saturated heterocycles. The average Bonchev–Trinajstić information content (AvgIpc) is 2.61. The maximum absolute atomic E-state index is 12.4. The first-order chi connectivity index (χ1) is 11.2. The Morgan fingerprint density at radius 3 is 1.67 bits per heavy atom. The summed E-state index contributed by atoms with van der Waals surface area (Å²) < 4.78 is 0. The van der Waals surface area contributed by atoms with Crippen molar-refractivity contribution < 1.29 is 9.59 Å². The lowest BCUT2D eigenvalue weighted by atomic mass is 9.79. The fourth-order valence-electron chi connectivity index (χ4n) is 2.57. The molecular weight excluding hydrogens is 336 g/mol. The van der Waals surface area contributed by atoms with Gasteiger partial charge in [-0.2, -0.15) is 0 Å². The van der Waals surface area contributed by atoms with E-state index in [-0.39, 0.29) is 10.8 Å². The van der Waals surface area contributed by atoms with E-state index < -0.39 is 0 Å². The minimum absolute atomic E-state index is 0.144. The van der Waals surface area contributed by atoms with E-state index in [9.17, 15) is 9.59 Å². The second-order valence-electron chi connectivity index (χ2n) is 7.40. The van der Waals surface area contributed by atoms with Crippen molar-refractivity contribution in [2.75, 3.05) is 5.75 Å². The Labute approximate surface area is 158 Å². The molecule has 0 fully saturated rings. The molecule has 0 N–H and O–H groups in total. The molecule has 0 aromatic heterocycles. The lowest BCUT2D eigenvalue weighted by Gasteiger charge is -2.25. The minimum atomic E-state index is -0.145. The fourth-order valence-corrected chi connectivity index (χ4v) is 4.91. The molecule has 0 bridgehead atoms. The highest BCUT2D eigenvalue weighted by molar-refractivity contribution is 8.76. The van der Waals surface area contributed by atoms with Gasteiger partial charge < -0.3 is 0 Å². The van der Waals surface area contributed by atoms with Crippen LogP contribution in [0.4, 0.5) is 0 Å². The van der Waals surface area contributed by atoms with E-state index in [0.29, 0.717) is 29.7 Å². The zero-order valence-corrected chi connectivity index (χ0v) is 18.5. The van der Waals surface area contributed by atoms with Crippen molar-refractivity contribution in [3.63, 3.8) is 0 Å². The normalized spacial score (nSPS) is 13.8. The van der Waals surface area contributed by atoms with E-state index in [1.807, 2.05) is 10.8 Å². The molecule has 0 aliphatic carbocycles. The topological polar surface area (TPSA) is 34.1 Å². The van der Waals surface area contributed by atoms with Crippen molar-refractivity contribution in [3.05, 3.63) is 0 Å². The van der Waals surface area contributed by atoms with Crippen LogP contribution in [0.25, 0.3) is 0 Å². The van der Waals surface area contributed by atoms with E-state index in [4.69, 9.17) is 0 Å². The summed E-state index contributed by atoms with van der Waals surface area (Å²) in [7, 11) is 3.61. The summed E-state index contributed by atoms with van der Waals surface area (Å²) in [5, 5.41) is 0.454. The van der Waals surface area contributed by atoms with E-state index in [2.05, 4.69) is 48.5 Å². The van der Waals surface area contributed by atoms with E-state index in [1.165, 1.54) is 0 Å². The summed E-state index contributed by atoms with van der Waals surface area (Å²) in [5.41, 5.74) is -0.289. The molecule has 1 atom stereocenters. The monoisotopic (exact) mass is 374 g/mol. The summed E-state index contributed by atoms with van der Waals surface area (Å²) in [5.74, 6) is 1.67. The van der Waals surface area contributed by atoms with Gasteiger partial charge in [0, 0.05) is 34.7 Å². The summed E-state index contributed by atoms with van der Waals surface area (Å²) in [4.78, 5) is 24.7. The van der Waals surface area contributed by atoms with Crippen LogP contribution in [0.15, 0.2) is 0 Å². The van der Waals surface area contributed by atoms with Gasteiger partial charge in [-0.15, -0.1) is 0 Å². The summed E-state index contributed by atoms with van der Waals surface area (Å²) in [6.07, 6.45) is 5.96. The highest BCUT2D eigenvalue weighted by Gasteiger charge is 2.29. The molecule has 0 rings (SSSR count). The Morgan fingerprint density at radius 1 is 0.833 bits per heavy atom. The van der Waals surface area contributed by atoms with Crippen LogP contribution in [-0.2, 0) is 9.59 Å². The molecule has 0 saturated carbocycles. The maximum Gasteiger partial charge on any atom is 0.139 e. The Bertz CT molecular complexity index is 385. The number of hydrogen-bond acceptors (Lipinski definition) is 4. The summed E-state index contributed by atoms with van der Waals surface area (Å²) in [6, 6.07) is 0. The van der Waals surface area contributed by atoms with Crippen molar-refractivity contribution in [1.29, 1.82) is 0 Å². The molecule has 0 spiro atoms. The molecule has 0 radical (unpaired) electrons. The van der Waals surface area contributed by atoms with Gasteiger partial charge in [0.25, 0.3) is 0 Å². The van der Waals surface area contributed by atoms with Crippen LogP contribution in [0.5, 0.6) is 0 Å². The molecule has 0 aliphatic rings. The predicted octanol–water partition coefficient (Wildman–Crippen LogP) is 6.72. The molecule has 0 aromatic carbocycles. The van der Waals surface area contributed by atoms with Gasteiger partial charge in [-0.05, 0) is 32.1 Å². The lowest BCUT2D eigenvalue weighted by Crippen LogP contribution is -2.26. The zero-order valence-electron chi connectivity index (χ0n) is 16.9. The van der Waals surface area contributed by atoms with Crippen molar-refractivity contribution in [3.8, 4) is 0 Å². The second kappa shape index (κ2) is 11.6. The van der Waals surface area contributed by atoms with E-state index in [0.717, 1.165) is 37.9 Å². The van der Waals surface area contributed by atoms with Gasteiger partial charge >= 0.3 is 0 Å². The SMILES string of the molecule is CCC(C)(CC)C(=O)CCSSC(C)CCC(=O)C(C)(CC)CC. The number of hydrogen-bond donors (Lipinski definition) is 0. The number of rotatable bonds is 14. The molecule has 0 amide bonds. The van der Waals surface area contributed by atoms with Crippen molar-refractivity contribution in [2.45, 2.75) is 98.7 Å². The predicted molar refractivity (Wildman–Crippen MR) is 111 cm³/mol. The Hall–Kier alpha value is 0.0400. The quantitative estimate of drug-likeness (QED) is 0.250. The molecule has 1 unspecified atom stereocenters. The summed E-state index contributed by atoms with van der Waals surface area (Å²) in [6.45, 7) is 14.8. The van der Waals surface area contributed by atoms with Gasteiger partial charge in [-0.1, -0.05) is 70.1 Å². The first-order valence-corrected chi connectivity index (χ1v) is 11.9. The van der Waals surface area contributed by atoms with Crippen LogP contribution in [0.2, 0.25) is 0 Å². The van der Waals surface area contributed by atoms with Crippen molar-refractivity contribution in [2.24, 2.45) is 10.8 Å². The van der Waals surface area contributed by atoms with Crippen LogP contribution in [0, 0.1) is 10.8 Å². The van der Waals surface area contributed by atoms with Crippen LogP contribution >= 0.6 is 21.6 Å². The van der Waals surface area contributed by atoms with Crippen molar-refractivity contribution in [1.82, 2.24) is 0 Å². The lowest BCUT2D eigenvalue weighted by molar-refractivity contribution is -0.128. The molecule has 142 valence electrons. The molecule has 4 heteroatoms. The number of Topliss-reactive ketones (excluding diaryl/α,β-unsaturated/α-hetero) is 2.